The molecular formula is C32H32ClFN4O2S. The SMILES string of the molecule is CCN(C)C(CCSC)c1ccc(-c2ccc3ncnc(Nc4ccc(OCc5cccc(F)c5)c(Cl)c4)c3c2)o1. The van der Waals surface area contributed by atoms with Gasteiger partial charge in [-0.1, -0.05) is 30.7 Å². The Labute approximate surface area is 248 Å². The van der Waals surface area contributed by atoms with E-state index in [1.54, 1.807) is 24.3 Å². The van der Waals surface area contributed by atoms with Crippen molar-refractivity contribution in [2.75, 3.05) is 30.9 Å². The summed E-state index contributed by atoms with van der Waals surface area (Å²) in [5, 5.41) is 4.65. The van der Waals surface area contributed by atoms with Crippen LogP contribution in [0.25, 0.3) is 22.2 Å². The Bertz CT molecular complexity index is 1630. The van der Waals surface area contributed by atoms with Gasteiger partial charge in [-0.15, -0.1) is 0 Å². The maximum absolute atomic E-state index is 13.5. The van der Waals surface area contributed by atoms with Crippen molar-refractivity contribution in [2.24, 2.45) is 0 Å². The van der Waals surface area contributed by atoms with Gasteiger partial charge in [-0.25, -0.2) is 14.4 Å². The normalized spacial score (nSPS) is 12.1. The van der Waals surface area contributed by atoms with Crippen molar-refractivity contribution in [3.8, 4) is 17.1 Å². The molecule has 1 unspecified atom stereocenters. The molecule has 3 aromatic carbocycles. The van der Waals surface area contributed by atoms with Crippen molar-refractivity contribution in [3.63, 3.8) is 0 Å². The molecule has 5 aromatic rings. The monoisotopic (exact) mass is 590 g/mol. The summed E-state index contributed by atoms with van der Waals surface area (Å²) in [7, 11) is 2.13. The third-order valence-electron chi connectivity index (χ3n) is 6.98. The molecular weight excluding hydrogens is 559 g/mol. The average Bonchev–Trinajstić information content (AvgIpc) is 3.47. The van der Waals surface area contributed by atoms with Crippen LogP contribution in [0, 0.1) is 5.82 Å². The van der Waals surface area contributed by atoms with Gasteiger partial charge in [0.25, 0.3) is 0 Å². The Morgan fingerprint density at radius 3 is 2.73 bits per heavy atom. The molecule has 2 aromatic heterocycles. The largest absolute Gasteiger partial charge is 0.487 e. The van der Waals surface area contributed by atoms with Crippen LogP contribution in [-0.2, 0) is 6.61 Å². The predicted octanol–water partition coefficient (Wildman–Crippen LogP) is 8.75. The summed E-state index contributed by atoms with van der Waals surface area (Å²) in [6, 6.07) is 22.1. The van der Waals surface area contributed by atoms with Crippen LogP contribution in [0.4, 0.5) is 15.9 Å². The highest BCUT2D eigenvalue weighted by molar-refractivity contribution is 7.98. The van der Waals surface area contributed by atoms with Gasteiger partial charge in [-0.2, -0.15) is 11.8 Å². The molecule has 0 aliphatic heterocycles. The molecule has 1 N–H and O–H groups in total. The van der Waals surface area contributed by atoms with E-state index in [1.165, 1.54) is 18.5 Å². The number of nitrogens with zero attached hydrogens (tertiary/aromatic N) is 3. The Morgan fingerprint density at radius 1 is 1.07 bits per heavy atom. The lowest BCUT2D eigenvalue weighted by Crippen LogP contribution is -2.24. The summed E-state index contributed by atoms with van der Waals surface area (Å²) in [4.78, 5) is 11.3. The molecule has 0 aliphatic carbocycles. The Balaban J connectivity index is 1.36. The van der Waals surface area contributed by atoms with Crippen molar-refractivity contribution in [3.05, 3.63) is 101 Å². The smallest absolute Gasteiger partial charge is 0.141 e. The molecule has 0 saturated heterocycles. The topological polar surface area (TPSA) is 63.4 Å². The molecule has 41 heavy (non-hydrogen) atoms. The second-order valence-electron chi connectivity index (χ2n) is 9.72. The van der Waals surface area contributed by atoms with E-state index in [4.69, 9.17) is 20.8 Å². The second-order valence-corrected chi connectivity index (χ2v) is 11.1. The van der Waals surface area contributed by atoms with E-state index in [2.05, 4.69) is 46.5 Å². The summed E-state index contributed by atoms with van der Waals surface area (Å²) in [5.74, 6) is 3.70. The molecule has 1 atom stereocenters. The molecule has 2 heterocycles. The maximum atomic E-state index is 13.5. The molecule has 9 heteroatoms. The molecule has 0 amide bonds. The number of hydrogen-bond donors (Lipinski definition) is 1. The fourth-order valence-electron chi connectivity index (χ4n) is 4.65. The maximum Gasteiger partial charge on any atom is 0.141 e. The van der Waals surface area contributed by atoms with E-state index in [-0.39, 0.29) is 18.5 Å². The highest BCUT2D eigenvalue weighted by Crippen LogP contribution is 2.34. The minimum atomic E-state index is -0.302. The fourth-order valence-corrected chi connectivity index (χ4v) is 5.34. The van der Waals surface area contributed by atoms with Gasteiger partial charge in [0, 0.05) is 16.6 Å². The molecule has 0 radical (unpaired) electrons. The Morgan fingerprint density at radius 2 is 1.95 bits per heavy atom. The molecule has 5 rings (SSSR count). The molecule has 0 bridgehead atoms. The standard InChI is InChI=1S/C32H32ClFN4O2S/c1-4-38(2)28(14-15-41-3)31-13-12-29(40-31)22-8-10-27-25(17-22)32(36-20-35-27)37-24-9-11-30(26(33)18-24)39-19-21-6-5-7-23(34)16-21/h5-13,16-18,20,28H,4,14-15,19H2,1-3H3,(H,35,36,37). The fraction of sp³-hybridized carbons (Fsp3) is 0.250. The van der Waals surface area contributed by atoms with Crippen LogP contribution in [-0.4, -0.2) is 40.5 Å². The number of halogens is 2. The molecule has 212 valence electrons. The van der Waals surface area contributed by atoms with Gasteiger partial charge in [-0.05, 0) is 98.2 Å². The summed E-state index contributed by atoms with van der Waals surface area (Å²) in [6.45, 7) is 3.32. The molecule has 0 fully saturated rings. The first-order valence-corrected chi connectivity index (χ1v) is 15.2. The van der Waals surface area contributed by atoms with Crippen LogP contribution < -0.4 is 10.1 Å². The molecule has 0 spiro atoms. The van der Waals surface area contributed by atoms with Gasteiger partial charge in [0.15, 0.2) is 0 Å². The number of ether oxygens (including phenoxy) is 1. The lowest BCUT2D eigenvalue weighted by Gasteiger charge is -2.24. The minimum Gasteiger partial charge on any atom is -0.487 e. The highest BCUT2D eigenvalue weighted by atomic mass is 35.5. The van der Waals surface area contributed by atoms with Gasteiger partial charge in [0.2, 0.25) is 0 Å². The van der Waals surface area contributed by atoms with E-state index in [0.29, 0.717) is 16.6 Å². The van der Waals surface area contributed by atoms with Gasteiger partial charge in [0.1, 0.15) is 41.8 Å². The van der Waals surface area contributed by atoms with Crippen LogP contribution in [0.2, 0.25) is 5.02 Å². The number of thioether (sulfide) groups is 1. The summed E-state index contributed by atoms with van der Waals surface area (Å²) >= 11 is 8.37. The van der Waals surface area contributed by atoms with E-state index < -0.39 is 0 Å². The molecule has 6 nitrogen and oxygen atoms in total. The minimum absolute atomic E-state index is 0.213. The van der Waals surface area contributed by atoms with Gasteiger partial charge >= 0.3 is 0 Å². The first-order valence-electron chi connectivity index (χ1n) is 13.4. The van der Waals surface area contributed by atoms with Crippen LogP contribution in [0.3, 0.4) is 0 Å². The number of anilines is 2. The van der Waals surface area contributed by atoms with Gasteiger partial charge in [-0.3, -0.25) is 4.90 Å². The van der Waals surface area contributed by atoms with E-state index in [0.717, 1.165) is 58.0 Å². The van der Waals surface area contributed by atoms with Crippen LogP contribution in [0.1, 0.15) is 30.7 Å². The predicted molar refractivity (Wildman–Crippen MR) is 167 cm³/mol. The number of nitrogens with one attached hydrogen (secondary N) is 1. The Kier molecular flexibility index (Phi) is 9.44. The van der Waals surface area contributed by atoms with Crippen LogP contribution >= 0.6 is 23.4 Å². The molecule has 0 aliphatic rings. The first-order chi connectivity index (χ1) is 19.9. The number of aromatic nitrogens is 2. The van der Waals surface area contributed by atoms with Crippen LogP contribution in [0.5, 0.6) is 5.75 Å². The van der Waals surface area contributed by atoms with Crippen molar-refractivity contribution in [1.82, 2.24) is 14.9 Å². The zero-order chi connectivity index (χ0) is 28.8. The quantitative estimate of drug-likeness (QED) is 0.156. The zero-order valence-electron chi connectivity index (χ0n) is 23.2. The number of hydrogen-bond acceptors (Lipinski definition) is 7. The second kappa shape index (κ2) is 13.4. The van der Waals surface area contributed by atoms with Crippen molar-refractivity contribution < 1.29 is 13.5 Å². The zero-order valence-corrected chi connectivity index (χ0v) is 24.8. The van der Waals surface area contributed by atoms with Gasteiger partial charge in [0.05, 0.1) is 16.6 Å². The van der Waals surface area contributed by atoms with E-state index >= 15 is 0 Å². The summed E-state index contributed by atoms with van der Waals surface area (Å²) in [6.07, 6.45) is 4.68. The Hall–Kier alpha value is -3.59. The molecule has 0 saturated carbocycles. The van der Waals surface area contributed by atoms with Crippen molar-refractivity contribution in [2.45, 2.75) is 26.0 Å². The number of rotatable bonds is 12. The van der Waals surface area contributed by atoms with Gasteiger partial charge < -0.3 is 14.5 Å². The van der Waals surface area contributed by atoms with Crippen LogP contribution in [0.15, 0.2) is 83.5 Å². The summed E-state index contributed by atoms with van der Waals surface area (Å²) < 4.78 is 25.7. The number of benzene rings is 3. The first kappa shape index (κ1) is 28.9. The third-order valence-corrected chi connectivity index (χ3v) is 7.92. The highest BCUT2D eigenvalue weighted by Gasteiger charge is 2.20. The van der Waals surface area contributed by atoms with E-state index in [1.807, 2.05) is 42.1 Å². The number of furan rings is 1. The lowest BCUT2D eigenvalue weighted by atomic mass is 10.1. The lowest BCUT2D eigenvalue weighted by molar-refractivity contribution is 0.222. The average molecular weight is 591 g/mol. The van der Waals surface area contributed by atoms with Crippen molar-refractivity contribution in [1.29, 1.82) is 0 Å². The number of fused-ring (bicyclic) bond motifs is 1. The third kappa shape index (κ3) is 7.01. The van der Waals surface area contributed by atoms with Crippen molar-refractivity contribution >= 4 is 45.8 Å². The van der Waals surface area contributed by atoms with E-state index in [9.17, 15) is 4.39 Å². The summed E-state index contributed by atoms with van der Waals surface area (Å²) in [5.41, 5.74) is 3.23.